The number of rotatable bonds is 9. The van der Waals surface area contributed by atoms with Gasteiger partial charge >= 0.3 is 0 Å². The zero-order chi connectivity index (χ0) is 15.0. The molecule has 0 aliphatic heterocycles. The third-order valence-corrected chi connectivity index (χ3v) is 3.25. The fourth-order valence-electron chi connectivity index (χ4n) is 1.98. The van der Waals surface area contributed by atoms with Crippen molar-refractivity contribution in [3.05, 3.63) is 0 Å². The summed E-state index contributed by atoms with van der Waals surface area (Å²) in [5.41, 5.74) is 5.70. The number of thiocarbonyl (C=S) groups is 1. The van der Waals surface area contributed by atoms with E-state index in [-0.39, 0.29) is 22.9 Å². The van der Waals surface area contributed by atoms with Gasteiger partial charge in [0.05, 0.1) is 30.2 Å². The number of hydrogen-bond donors (Lipinski definition) is 1. The molecule has 0 fully saturated rings. The van der Waals surface area contributed by atoms with Gasteiger partial charge in [0.25, 0.3) is 0 Å². The van der Waals surface area contributed by atoms with E-state index in [4.69, 9.17) is 27.4 Å². The Hall–Kier alpha value is -0.720. The number of nitrogens with zero attached hydrogens (tertiary/aromatic N) is 1. The molecule has 2 atom stereocenters. The van der Waals surface area contributed by atoms with E-state index in [1.54, 1.807) is 19.1 Å². The third-order valence-electron chi connectivity index (χ3n) is 3.00. The van der Waals surface area contributed by atoms with Crippen LogP contribution in [-0.4, -0.2) is 55.8 Å². The van der Waals surface area contributed by atoms with Crippen molar-refractivity contribution >= 4 is 23.1 Å². The molecular weight excluding hydrogens is 264 g/mol. The molecule has 0 aromatic rings. The summed E-state index contributed by atoms with van der Waals surface area (Å²) < 4.78 is 10.2. The molecule has 0 saturated heterocycles. The van der Waals surface area contributed by atoms with Crippen molar-refractivity contribution in [2.45, 2.75) is 26.8 Å². The van der Waals surface area contributed by atoms with Gasteiger partial charge in [0.15, 0.2) is 0 Å². The zero-order valence-electron chi connectivity index (χ0n) is 12.5. The van der Waals surface area contributed by atoms with Gasteiger partial charge in [-0.2, -0.15) is 0 Å². The van der Waals surface area contributed by atoms with Gasteiger partial charge in [-0.15, -0.1) is 0 Å². The van der Waals surface area contributed by atoms with Crippen LogP contribution in [0.15, 0.2) is 0 Å². The Labute approximate surface area is 121 Å². The largest absolute Gasteiger partial charge is 0.393 e. The van der Waals surface area contributed by atoms with Gasteiger partial charge in [0.2, 0.25) is 5.91 Å². The number of carbonyl (C=O) groups is 1. The molecule has 2 unspecified atom stereocenters. The minimum Gasteiger partial charge on any atom is -0.393 e. The van der Waals surface area contributed by atoms with Crippen LogP contribution >= 0.6 is 12.2 Å². The van der Waals surface area contributed by atoms with Crippen LogP contribution in [0.5, 0.6) is 0 Å². The van der Waals surface area contributed by atoms with Gasteiger partial charge in [-0.1, -0.05) is 26.1 Å². The monoisotopic (exact) mass is 290 g/mol. The molecule has 0 spiro atoms. The number of ether oxygens (including phenoxy) is 2. The van der Waals surface area contributed by atoms with Crippen LogP contribution in [0.1, 0.15) is 20.8 Å². The maximum Gasteiger partial charge on any atom is 0.233 e. The molecule has 0 aliphatic carbocycles. The van der Waals surface area contributed by atoms with E-state index in [0.717, 1.165) is 0 Å². The first-order valence-corrected chi connectivity index (χ1v) is 6.85. The highest BCUT2D eigenvalue weighted by Crippen LogP contribution is 2.17. The molecule has 0 heterocycles. The second-order valence-electron chi connectivity index (χ2n) is 4.95. The lowest BCUT2D eigenvalue weighted by molar-refractivity contribution is -0.138. The van der Waals surface area contributed by atoms with E-state index < -0.39 is 5.92 Å². The summed E-state index contributed by atoms with van der Waals surface area (Å²) in [7, 11) is 3.22. The van der Waals surface area contributed by atoms with Gasteiger partial charge in [-0.25, -0.2) is 0 Å². The smallest absolute Gasteiger partial charge is 0.233 e. The highest BCUT2D eigenvalue weighted by Gasteiger charge is 2.31. The molecule has 5 nitrogen and oxygen atoms in total. The maximum atomic E-state index is 12.6. The highest BCUT2D eigenvalue weighted by atomic mass is 32.1. The van der Waals surface area contributed by atoms with Crippen LogP contribution in [0.4, 0.5) is 0 Å². The van der Waals surface area contributed by atoms with Gasteiger partial charge in [0, 0.05) is 20.8 Å². The van der Waals surface area contributed by atoms with Crippen molar-refractivity contribution in [1.82, 2.24) is 4.90 Å². The summed E-state index contributed by atoms with van der Waals surface area (Å²) in [4.78, 5) is 14.6. The van der Waals surface area contributed by atoms with Crippen LogP contribution in [-0.2, 0) is 14.3 Å². The highest BCUT2D eigenvalue weighted by molar-refractivity contribution is 7.80. The van der Waals surface area contributed by atoms with Gasteiger partial charge in [-0.3, -0.25) is 4.79 Å². The van der Waals surface area contributed by atoms with Crippen molar-refractivity contribution in [3.8, 4) is 0 Å². The first kappa shape index (κ1) is 18.3. The predicted molar refractivity (Wildman–Crippen MR) is 80.0 cm³/mol. The molecule has 0 aliphatic rings. The van der Waals surface area contributed by atoms with Crippen molar-refractivity contribution in [2.24, 2.45) is 17.6 Å². The van der Waals surface area contributed by atoms with E-state index in [9.17, 15) is 4.79 Å². The number of hydrogen-bond acceptors (Lipinski definition) is 4. The Balaban J connectivity index is 5.00. The van der Waals surface area contributed by atoms with Crippen LogP contribution in [0.2, 0.25) is 0 Å². The van der Waals surface area contributed by atoms with E-state index in [0.29, 0.717) is 19.8 Å². The number of nitrogens with two attached hydrogens (primary N) is 1. The number of amides is 1. The Morgan fingerprint density at radius 3 is 2.21 bits per heavy atom. The molecular formula is C13H26N2O3S. The average Bonchev–Trinajstić information content (AvgIpc) is 2.28. The summed E-state index contributed by atoms with van der Waals surface area (Å²) in [6.07, 6.45) is 0. The first-order chi connectivity index (χ1) is 8.86. The van der Waals surface area contributed by atoms with E-state index in [1.807, 2.05) is 20.8 Å². The van der Waals surface area contributed by atoms with Crippen LogP contribution < -0.4 is 5.73 Å². The number of methoxy groups -OCH3 is 2. The molecule has 2 N–H and O–H groups in total. The normalized spacial score (nSPS) is 14.2. The Morgan fingerprint density at radius 1 is 1.26 bits per heavy atom. The molecule has 0 radical (unpaired) electrons. The van der Waals surface area contributed by atoms with Crippen molar-refractivity contribution in [2.75, 3.05) is 34.0 Å². The Morgan fingerprint density at radius 2 is 1.84 bits per heavy atom. The minimum absolute atomic E-state index is 0.0387. The summed E-state index contributed by atoms with van der Waals surface area (Å²) in [5.74, 6) is -0.417. The predicted octanol–water partition coefficient (Wildman–Crippen LogP) is 1.05. The molecule has 19 heavy (non-hydrogen) atoms. The molecule has 0 aromatic carbocycles. The van der Waals surface area contributed by atoms with Gasteiger partial charge in [0.1, 0.15) is 0 Å². The summed E-state index contributed by atoms with van der Waals surface area (Å²) in [6.45, 7) is 7.27. The van der Waals surface area contributed by atoms with Crippen LogP contribution in [0.25, 0.3) is 0 Å². The SMILES string of the molecule is COCCN(C(=O)C(C(N)=S)C(C)C)C(C)COC. The molecule has 1 amide bonds. The van der Waals surface area contributed by atoms with Crippen LogP contribution in [0.3, 0.4) is 0 Å². The van der Waals surface area contributed by atoms with Crippen molar-refractivity contribution in [3.63, 3.8) is 0 Å². The van der Waals surface area contributed by atoms with Crippen molar-refractivity contribution < 1.29 is 14.3 Å². The third kappa shape index (κ3) is 5.84. The summed E-state index contributed by atoms with van der Waals surface area (Å²) in [6, 6.07) is -0.0387. The lowest BCUT2D eigenvalue weighted by atomic mass is 9.93. The maximum absolute atomic E-state index is 12.6. The Bertz CT molecular complexity index is 298. The quantitative estimate of drug-likeness (QED) is 0.643. The Kier molecular flexibility index (Phi) is 8.88. The fraction of sp³-hybridized carbons (Fsp3) is 0.846. The molecule has 0 bridgehead atoms. The van der Waals surface area contributed by atoms with Gasteiger partial charge < -0.3 is 20.1 Å². The lowest BCUT2D eigenvalue weighted by Gasteiger charge is -2.33. The topological polar surface area (TPSA) is 64.8 Å². The van der Waals surface area contributed by atoms with E-state index in [1.165, 1.54) is 0 Å². The molecule has 0 rings (SSSR count). The second-order valence-corrected chi connectivity index (χ2v) is 5.42. The first-order valence-electron chi connectivity index (χ1n) is 6.44. The molecule has 0 saturated carbocycles. The molecule has 6 heteroatoms. The standard InChI is InChI=1S/C13H26N2O3S/c1-9(2)11(12(14)19)13(16)15(6-7-17-4)10(3)8-18-5/h9-11H,6-8H2,1-5H3,(H2,14,19). The molecule has 112 valence electrons. The van der Waals surface area contributed by atoms with E-state index >= 15 is 0 Å². The zero-order valence-corrected chi connectivity index (χ0v) is 13.3. The molecule has 0 aromatic heterocycles. The van der Waals surface area contributed by atoms with Crippen molar-refractivity contribution in [1.29, 1.82) is 0 Å². The summed E-state index contributed by atoms with van der Waals surface area (Å²) in [5, 5.41) is 0. The fourth-order valence-corrected chi connectivity index (χ4v) is 2.36. The van der Waals surface area contributed by atoms with Gasteiger partial charge in [-0.05, 0) is 12.8 Å². The average molecular weight is 290 g/mol. The second kappa shape index (κ2) is 9.23. The van der Waals surface area contributed by atoms with E-state index in [2.05, 4.69) is 0 Å². The summed E-state index contributed by atoms with van der Waals surface area (Å²) >= 11 is 5.02. The minimum atomic E-state index is -0.439. The van der Waals surface area contributed by atoms with Crippen LogP contribution in [0, 0.1) is 11.8 Å². The lowest BCUT2D eigenvalue weighted by Crippen LogP contribution is -2.49. The number of carbonyl (C=O) groups excluding carboxylic acids is 1.